The van der Waals surface area contributed by atoms with E-state index in [1.807, 2.05) is 48.3 Å². The normalized spacial score (nSPS) is 12.1. The molecule has 1 heterocycles. The summed E-state index contributed by atoms with van der Waals surface area (Å²) in [6, 6.07) is 11.4. The van der Waals surface area contributed by atoms with Gasteiger partial charge in [0.25, 0.3) is 0 Å². The molecule has 0 spiro atoms. The highest BCUT2D eigenvalue weighted by Crippen LogP contribution is 2.32. The Morgan fingerprint density at radius 2 is 1.78 bits per heavy atom. The molecule has 1 amide bonds. The predicted molar refractivity (Wildman–Crippen MR) is 100 cm³/mol. The van der Waals surface area contributed by atoms with Crippen molar-refractivity contribution in [3.8, 4) is 23.0 Å². The highest BCUT2D eigenvalue weighted by atomic mass is 16.7. The van der Waals surface area contributed by atoms with Gasteiger partial charge in [0.1, 0.15) is 0 Å². The maximum Gasteiger partial charge on any atom is 0.234 e. The Bertz CT molecular complexity index is 809. The molecule has 3 rings (SSSR count). The number of carbonyl (C=O) groups excluding carboxylic acids is 1. The van der Waals surface area contributed by atoms with Crippen LogP contribution in [0.15, 0.2) is 36.4 Å². The lowest BCUT2D eigenvalue weighted by molar-refractivity contribution is -0.122. The van der Waals surface area contributed by atoms with E-state index in [1.54, 1.807) is 14.2 Å². The molecule has 7 heteroatoms. The summed E-state index contributed by atoms with van der Waals surface area (Å²) in [5, 5.41) is 2.92. The van der Waals surface area contributed by atoms with E-state index in [9.17, 15) is 4.79 Å². The number of likely N-dealkylation sites (N-methyl/N-ethyl adjacent to an activating group) is 1. The molecule has 0 bridgehead atoms. The molecule has 0 saturated carbocycles. The molecule has 2 aromatic carbocycles. The largest absolute Gasteiger partial charge is 0.493 e. The first-order valence-corrected chi connectivity index (χ1v) is 8.63. The molecule has 0 fully saturated rings. The fourth-order valence-electron chi connectivity index (χ4n) is 2.90. The average Bonchev–Trinajstić information content (AvgIpc) is 3.13. The van der Waals surface area contributed by atoms with Gasteiger partial charge in [-0.25, -0.2) is 0 Å². The van der Waals surface area contributed by atoms with E-state index >= 15 is 0 Å². The van der Waals surface area contributed by atoms with Crippen molar-refractivity contribution in [3.05, 3.63) is 47.5 Å². The molecule has 27 heavy (non-hydrogen) atoms. The van der Waals surface area contributed by atoms with Gasteiger partial charge < -0.3 is 24.3 Å². The van der Waals surface area contributed by atoms with Crippen LogP contribution in [0.5, 0.6) is 23.0 Å². The molecular weight excluding hydrogens is 348 g/mol. The summed E-state index contributed by atoms with van der Waals surface area (Å²) in [5.74, 6) is 2.76. The van der Waals surface area contributed by atoms with Crippen LogP contribution in [-0.2, 0) is 17.9 Å². The zero-order chi connectivity index (χ0) is 19.2. The van der Waals surface area contributed by atoms with Crippen molar-refractivity contribution in [1.82, 2.24) is 10.2 Å². The molecule has 0 atom stereocenters. The third-order valence-corrected chi connectivity index (χ3v) is 4.24. The van der Waals surface area contributed by atoms with E-state index in [1.165, 1.54) is 0 Å². The SMILES string of the molecule is COc1ccc(CNC(=O)CN(C)Cc2ccc3c(c2)OCO3)cc1OC. The van der Waals surface area contributed by atoms with Crippen molar-refractivity contribution in [2.45, 2.75) is 13.1 Å². The second-order valence-corrected chi connectivity index (χ2v) is 6.33. The number of rotatable bonds is 8. The minimum atomic E-state index is -0.0481. The summed E-state index contributed by atoms with van der Waals surface area (Å²) < 4.78 is 21.2. The number of ether oxygens (including phenoxy) is 4. The Hall–Kier alpha value is -2.93. The number of nitrogens with one attached hydrogen (secondary N) is 1. The van der Waals surface area contributed by atoms with Crippen LogP contribution < -0.4 is 24.3 Å². The lowest BCUT2D eigenvalue weighted by atomic mass is 10.2. The summed E-state index contributed by atoms with van der Waals surface area (Å²) in [6.07, 6.45) is 0. The molecule has 2 aromatic rings. The fraction of sp³-hybridized carbons (Fsp3) is 0.350. The van der Waals surface area contributed by atoms with Crippen LogP contribution in [0, 0.1) is 0 Å². The number of carbonyl (C=O) groups is 1. The summed E-state index contributed by atoms with van der Waals surface area (Å²) in [5.41, 5.74) is 2.01. The molecule has 0 aliphatic carbocycles. The van der Waals surface area contributed by atoms with Gasteiger partial charge in [0.2, 0.25) is 12.7 Å². The average molecular weight is 372 g/mol. The van der Waals surface area contributed by atoms with E-state index < -0.39 is 0 Å². The van der Waals surface area contributed by atoms with Crippen molar-refractivity contribution in [2.24, 2.45) is 0 Å². The minimum absolute atomic E-state index is 0.0481. The number of benzene rings is 2. The zero-order valence-corrected chi connectivity index (χ0v) is 15.8. The van der Waals surface area contributed by atoms with Crippen LogP contribution in [0.2, 0.25) is 0 Å². The zero-order valence-electron chi connectivity index (χ0n) is 15.8. The van der Waals surface area contributed by atoms with Gasteiger partial charge >= 0.3 is 0 Å². The highest BCUT2D eigenvalue weighted by molar-refractivity contribution is 5.78. The maximum atomic E-state index is 12.2. The van der Waals surface area contributed by atoms with Crippen LogP contribution in [0.25, 0.3) is 0 Å². The monoisotopic (exact) mass is 372 g/mol. The molecule has 0 aromatic heterocycles. The third-order valence-electron chi connectivity index (χ3n) is 4.24. The van der Waals surface area contributed by atoms with Crippen molar-refractivity contribution in [2.75, 3.05) is 34.6 Å². The first-order chi connectivity index (χ1) is 13.1. The van der Waals surface area contributed by atoms with Gasteiger partial charge in [-0.2, -0.15) is 0 Å². The number of methoxy groups -OCH3 is 2. The van der Waals surface area contributed by atoms with Crippen LogP contribution in [0.1, 0.15) is 11.1 Å². The number of nitrogens with zero attached hydrogens (tertiary/aromatic N) is 1. The number of hydrogen-bond donors (Lipinski definition) is 1. The van der Waals surface area contributed by atoms with Gasteiger partial charge in [-0.05, 0) is 42.4 Å². The molecule has 0 radical (unpaired) electrons. The van der Waals surface area contributed by atoms with E-state index in [2.05, 4.69) is 5.32 Å². The molecule has 144 valence electrons. The van der Waals surface area contributed by atoms with Crippen molar-refractivity contribution in [3.63, 3.8) is 0 Å². The third kappa shape index (κ3) is 4.83. The van der Waals surface area contributed by atoms with Crippen LogP contribution >= 0.6 is 0 Å². The fourth-order valence-corrected chi connectivity index (χ4v) is 2.90. The smallest absolute Gasteiger partial charge is 0.234 e. The number of hydrogen-bond acceptors (Lipinski definition) is 6. The Morgan fingerprint density at radius 1 is 1.04 bits per heavy atom. The van der Waals surface area contributed by atoms with Gasteiger partial charge in [0.05, 0.1) is 20.8 Å². The Balaban J connectivity index is 1.49. The second kappa shape index (κ2) is 8.64. The van der Waals surface area contributed by atoms with Gasteiger partial charge in [-0.15, -0.1) is 0 Å². The topological polar surface area (TPSA) is 69.3 Å². The first kappa shape index (κ1) is 18.8. The highest BCUT2D eigenvalue weighted by Gasteiger charge is 2.14. The van der Waals surface area contributed by atoms with Gasteiger partial charge in [-0.1, -0.05) is 12.1 Å². The second-order valence-electron chi connectivity index (χ2n) is 6.33. The van der Waals surface area contributed by atoms with Gasteiger partial charge in [0, 0.05) is 13.1 Å². The Morgan fingerprint density at radius 3 is 2.56 bits per heavy atom. The van der Waals surface area contributed by atoms with Crippen molar-refractivity contribution < 1.29 is 23.7 Å². The summed E-state index contributed by atoms with van der Waals surface area (Å²) in [4.78, 5) is 14.2. The summed E-state index contributed by atoms with van der Waals surface area (Å²) in [7, 11) is 5.08. The lowest BCUT2D eigenvalue weighted by Crippen LogP contribution is -2.34. The maximum absolute atomic E-state index is 12.2. The van der Waals surface area contributed by atoms with Crippen LogP contribution in [0.3, 0.4) is 0 Å². The van der Waals surface area contributed by atoms with E-state index in [4.69, 9.17) is 18.9 Å². The van der Waals surface area contributed by atoms with Crippen molar-refractivity contribution in [1.29, 1.82) is 0 Å². The van der Waals surface area contributed by atoms with E-state index in [-0.39, 0.29) is 12.7 Å². The van der Waals surface area contributed by atoms with E-state index in [0.717, 1.165) is 22.6 Å². The predicted octanol–water partition coefficient (Wildman–Crippen LogP) is 2.18. The van der Waals surface area contributed by atoms with Crippen LogP contribution in [0.4, 0.5) is 0 Å². The van der Waals surface area contributed by atoms with Gasteiger partial charge in [-0.3, -0.25) is 9.69 Å². The molecule has 0 saturated heterocycles. The molecule has 1 aliphatic heterocycles. The molecule has 1 N–H and O–H groups in total. The molecule has 1 aliphatic rings. The van der Waals surface area contributed by atoms with Gasteiger partial charge in [0.15, 0.2) is 23.0 Å². The quantitative estimate of drug-likeness (QED) is 0.766. The lowest BCUT2D eigenvalue weighted by Gasteiger charge is -2.17. The van der Waals surface area contributed by atoms with E-state index in [0.29, 0.717) is 31.1 Å². The molecule has 7 nitrogen and oxygen atoms in total. The Labute approximate surface area is 158 Å². The number of fused-ring (bicyclic) bond motifs is 1. The Kier molecular flexibility index (Phi) is 6.03. The number of amides is 1. The summed E-state index contributed by atoms with van der Waals surface area (Å²) in [6.45, 7) is 1.62. The summed E-state index contributed by atoms with van der Waals surface area (Å²) >= 11 is 0. The standard InChI is InChI=1S/C20H24N2O5/c1-22(11-15-5-7-17-19(9-15)27-13-26-17)12-20(23)21-10-14-4-6-16(24-2)18(8-14)25-3/h4-9H,10-13H2,1-3H3,(H,21,23). The van der Waals surface area contributed by atoms with Crippen LogP contribution in [-0.4, -0.2) is 45.4 Å². The molecular formula is C20H24N2O5. The molecule has 0 unspecified atom stereocenters. The first-order valence-electron chi connectivity index (χ1n) is 8.63. The minimum Gasteiger partial charge on any atom is -0.493 e. The van der Waals surface area contributed by atoms with Crippen molar-refractivity contribution >= 4 is 5.91 Å².